The van der Waals surface area contributed by atoms with Gasteiger partial charge in [0, 0.05) is 29.5 Å². The lowest BCUT2D eigenvalue weighted by Crippen LogP contribution is -2.24. The van der Waals surface area contributed by atoms with E-state index in [0.717, 1.165) is 29.0 Å². The molecule has 0 unspecified atom stereocenters. The Morgan fingerprint density at radius 1 is 1.11 bits per heavy atom. The molecule has 3 rings (SSSR count). The minimum Gasteiger partial charge on any atom is -0.491 e. The maximum Gasteiger partial charge on any atom is 0.123 e. The number of anilines is 2. The van der Waals surface area contributed by atoms with Crippen molar-refractivity contribution in [2.75, 3.05) is 11.1 Å². The van der Waals surface area contributed by atoms with E-state index >= 15 is 0 Å². The lowest BCUT2D eigenvalue weighted by molar-refractivity contribution is 0.242. The molecule has 0 saturated heterocycles. The lowest BCUT2D eigenvalue weighted by atomic mass is 10.1. The molecular weight excluding hydrogens is 236 g/mol. The standard InChI is InChI=1S/C16H24N2O/c1-10(2)19-15-8-13(17)7-14(9-15)18-16(11-3-4-11)12-5-6-12/h7-12,16,18H,3-6,17H2,1-2H3. The summed E-state index contributed by atoms with van der Waals surface area (Å²) in [6.45, 7) is 4.07. The van der Waals surface area contributed by atoms with E-state index in [9.17, 15) is 0 Å². The summed E-state index contributed by atoms with van der Waals surface area (Å²) < 4.78 is 5.75. The predicted molar refractivity (Wildman–Crippen MR) is 79.5 cm³/mol. The number of hydrogen-bond acceptors (Lipinski definition) is 3. The van der Waals surface area contributed by atoms with Crippen LogP contribution in [0.5, 0.6) is 5.75 Å². The third kappa shape index (κ3) is 3.34. The zero-order chi connectivity index (χ0) is 13.4. The minimum absolute atomic E-state index is 0.178. The third-order valence-corrected chi connectivity index (χ3v) is 3.89. The third-order valence-electron chi connectivity index (χ3n) is 3.89. The average Bonchev–Trinajstić information content (AvgIpc) is 3.17. The predicted octanol–water partition coefficient (Wildman–Crippen LogP) is 3.66. The zero-order valence-corrected chi connectivity index (χ0v) is 11.9. The minimum atomic E-state index is 0.178. The molecule has 0 spiro atoms. The van der Waals surface area contributed by atoms with E-state index in [1.54, 1.807) is 0 Å². The molecule has 0 radical (unpaired) electrons. The van der Waals surface area contributed by atoms with Gasteiger partial charge in [0.15, 0.2) is 0 Å². The van der Waals surface area contributed by atoms with Crippen LogP contribution in [0, 0.1) is 11.8 Å². The van der Waals surface area contributed by atoms with E-state index in [1.807, 2.05) is 26.0 Å². The average molecular weight is 260 g/mol. The van der Waals surface area contributed by atoms with Gasteiger partial charge in [-0.2, -0.15) is 0 Å². The van der Waals surface area contributed by atoms with Gasteiger partial charge in [-0.05, 0) is 57.4 Å². The summed E-state index contributed by atoms with van der Waals surface area (Å²) in [6, 6.07) is 6.64. The summed E-state index contributed by atoms with van der Waals surface area (Å²) in [6.07, 6.45) is 5.70. The van der Waals surface area contributed by atoms with Crippen LogP contribution in [0.15, 0.2) is 18.2 Å². The molecular formula is C16H24N2O. The second-order valence-corrected chi connectivity index (χ2v) is 6.30. The van der Waals surface area contributed by atoms with Gasteiger partial charge < -0.3 is 15.8 Å². The van der Waals surface area contributed by atoms with Crippen molar-refractivity contribution in [3.63, 3.8) is 0 Å². The highest BCUT2D eigenvalue weighted by molar-refractivity contribution is 5.59. The molecule has 1 aromatic carbocycles. The summed E-state index contributed by atoms with van der Waals surface area (Å²) in [5, 5.41) is 3.70. The van der Waals surface area contributed by atoms with E-state index in [4.69, 9.17) is 10.5 Å². The number of nitrogens with two attached hydrogens (primary N) is 1. The molecule has 2 aliphatic rings. The van der Waals surface area contributed by atoms with Crippen molar-refractivity contribution in [1.29, 1.82) is 0 Å². The molecule has 0 atom stereocenters. The van der Waals surface area contributed by atoms with Crippen LogP contribution in [0.25, 0.3) is 0 Å². The van der Waals surface area contributed by atoms with Gasteiger partial charge in [-0.1, -0.05) is 0 Å². The van der Waals surface area contributed by atoms with Crippen LogP contribution in [-0.2, 0) is 0 Å². The van der Waals surface area contributed by atoms with E-state index in [0.29, 0.717) is 6.04 Å². The second kappa shape index (κ2) is 4.95. The first-order valence-corrected chi connectivity index (χ1v) is 7.45. The van der Waals surface area contributed by atoms with Crippen LogP contribution in [0.3, 0.4) is 0 Å². The Morgan fingerprint density at radius 2 is 1.74 bits per heavy atom. The number of hydrogen-bond donors (Lipinski definition) is 2. The quantitative estimate of drug-likeness (QED) is 0.767. The Morgan fingerprint density at radius 3 is 2.26 bits per heavy atom. The summed E-state index contributed by atoms with van der Waals surface area (Å²) in [5.41, 5.74) is 7.85. The Bertz CT molecular complexity index is 438. The van der Waals surface area contributed by atoms with Crippen LogP contribution in [0.2, 0.25) is 0 Å². The van der Waals surface area contributed by atoms with Crippen molar-refractivity contribution < 1.29 is 4.74 Å². The number of nitrogens with one attached hydrogen (secondary N) is 1. The normalized spacial score (nSPS) is 18.9. The molecule has 2 aliphatic carbocycles. The van der Waals surface area contributed by atoms with Gasteiger partial charge in [0.1, 0.15) is 5.75 Å². The van der Waals surface area contributed by atoms with Gasteiger partial charge in [0.25, 0.3) is 0 Å². The molecule has 3 N–H and O–H groups in total. The molecule has 1 aromatic rings. The molecule has 0 heterocycles. The van der Waals surface area contributed by atoms with E-state index in [1.165, 1.54) is 25.7 Å². The number of benzene rings is 1. The highest BCUT2D eigenvalue weighted by Gasteiger charge is 2.41. The topological polar surface area (TPSA) is 47.3 Å². The van der Waals surface area contributed by atoms with Crippen LogP contribution in [0.1, 0.15) is 39.5 Å². The number of rotatable bonds is 6. The molecule has 0 bridgehead atoms. The monoisotopic (exact) mass is 260 g/mol. The Labute approximate surface area is 115 Å². The Hall–Kier alpha value is -1.38. The molecule has 2 saturated carbocycles. The Balaban J connectivity index is 1.73. The highest BCUT2D eigenvalue weighted by atomic mass is 16.5. The van der Waals surface area contributed by atoms with Crippen LogP contribution in [0.4, 0.5) is 11.4 Å². The van der Waals surface area contributed by atoms with Crippen molar-refractivity contribution in [3.8, 4) is 5.75 Å². The summed E-state index contributed by atoms with van der Waals surface area (Å²) in [5.74, 6) is 2.62. The summed E-state index contributed by atoms with van der Waals surface area (Å²) in [7, 11) is 0. The van der Waals surface area contributed by atoms with Crippen molar-refractivity contribution in [2.24, 2.45) is 11.8 Å². The molecule has 3 heteroatoms. The number of nitrogen functional groups attached to an aromatic ring is 1. The van der Waals surface area contributed by atoms with Gasteiger partial charge in [-0.3, -0.25) is 0 Å². The zero-order valence-electron chi connectivity index (χ0n) is 11.9. The fourth-order valence-electron chi connectivity index (χ4n) is 2.77. The second-order valence-electron chi connectivity index (χ2n) is 6.30. The van der Waals surface area contributed by atoms with Gasteiger partial charge >= 0.3 is 0 Å². The molecule has 2 fully saturated rings. The fourth-order valence-corrected chi connectivity index (χ4v) is 2.77. The maximum absolute atomic E-state index is 5.97. The first-order chi connectivity index (χ1) is 9.11. The number of ether oxygens (including phenoxy) is 1. The molecule has 0 aromatic heterocycles. The Kier molecular flexibility index (Phi) is 3.29. The van der Waals surface area contributed by atoms with E-state index in [2.05, 4.69) is 11.4 Å². The maximum atomic E-state index is 5.97. The summed E-state index contributed by atoms with van der Waals surface area (Å²) in [4.78, 5) is 0. The van der Waals surface area contributed by atoms with Crippen molar-refractivity contribution in [2.45, 2.75) is 51.7 Å². The van der Waals surface area contributed by atoms with Gasteiger partial charge in [-0.15, -0.1) is 0 Å². The molecule has 0 amide bonds. The van der Waals surface area contributed by atoms with Crippen LogP contribution in [-0.4, -0.2) is 12.1 Å². The van der Waals surface area contributed by atoms with Crippen molar-refractivity contribution in [3.05, 3.63) is 18.2 Å². The van der Waals surface area contributed by atoms with Crippen molar-refractivity contribution >= 4 is 11.4 Å². The lowest BCUT2D eigenvalue weighted by Gasteiger charge is -2.20. The van der Waals surface area contributed by atoms with Gasteiger partial charge in [0.2, 0.25) is 0 Å². The fraction of sp³-hybridized carbons (Fsp3) is 0.625. The molecule has 3 nitrogen and oxygen atoms in total. The molecule has 104 valence electrons. The van der Waals surface area contributed by atoms with Crippen LogP contribution >= 0.6 is 0 Å². The summed E-state index contributed by atoms with van der Waals surface area (Å²) >= 11 is 0. The smallest absolute Gasteiger partial charge is 0.123 e. The van der Waals surface area contributed by atoms with Crippen molar-refractivity contribution in [1.82, 2.24) is 0 Å². The molecule has 0 aliphatic heterocycles. The SMILES string of the molecule is CC(C)Oc1cc(N)cc(NC(C2CC2)C2CC2)c1. The highest BCUT2D eigenvalue weighted by Crippen LogP contribution is 2.46. The van der Waals surface area contributed by atoms with Gasteiger partial charge in [0.05, 0.1) is 6.10 Å². The van der Waals surface area contributed by atoms with Gasteiger partial charge in [-0.25, -0.2) is 0 Å². The van der Waals surface area contributed by atoms with E-state index < -0.39 is 0 Å². The first kappa shape index (κ1) is 12.6. The van der Waals surface area contributed by atoms with E-state index in [-0.39, 0.29) is 6.10 Å². The van der Waals surface area contributed by atoms with Crippen LogP contribution < -0.4 is 15.8 Å². The largest absolute Gasteiger partial charge is 0.491 e. The first-order valence-electron chi connectivity index (χ1n) is 7.45. The molecule has 19 heavy (non-hydrogen) atoms.